The van der Waals surface area contributed by atoms with E-state index in [1.807, 2.05) is 48.0 Å². The van der Waals surface area contributed by atoms with Gasteiger partial charge in [-0.3, -0.25) is 0 Å². The summed E-state index contributed by atoms with van der Waals surface area (Å²) in [4.78, 5) is 12.2. The van der Waals surface area contributed by atoms with E-state index in [1.54, 1.807) is 0 Å². The zero-order valence-corrected chi connectivity index (χ0v) is 15.1. The Hall–Kier alpha value is -3.55. The molecule has 0 unspecified atom stereocenters. The molecule has 1 N–H and O–H groups in total. The minimum absolute atomic E-state index is 0.248. The summed E-state index contributed by atoms with van der Waals surface area (Å²) in [6.07, 6.45) is 0. The molecule has 134 valence electrons. The minimum Gasteiger partial charge on any atom is -0.342 e. The number of H-pyrrole nitrogens is 1. The smallest absolute Gasteiger partial charge is 0.258 e. The summed E-state index contributed by atoms with van der Waals surface area (Å²) < 4.78 is 7.37. The third kappa shape index (κ3) is 2.57. The molecule has 3 aromatic heterocycles. The summed E-state index contributed by atoms with van der Waals surface area (Å²) in [5, 5.41) is 12.6. The topological polar surface area (TPSA) is 98.3 Å². The van der Waals surface area contributed by atoms with Crippen LogP contribution in [-0.4, -0.2) is 35.1 Å². The summed E-state index contributed by atoms with van der Waals surface area (Å²) in [7, 11) is 0. The van der Waals surface area contributed by atoms with Gasteiger partial charge in [0.2, 0.25) is 5.82 Å². The number of imidazole rings is 1. The highest BCUT2D eigenvalue weighted by atomic mass is 16.5. The van der Waals surface area contributed by atoms with Gasteiger partial charge in [0.15, 0.2) is 0 Å². The number of hydrogen-bond donors (Lipinski definition) is 1. The number of benzene rings is 2. The first kappa shape index (κ1) is 15.7. The third-order valence-corrected chi connectivity index (χ3v) is 4.49. The van der Waals surface area contributed by atoms with Crippen molar-refractivity contribution in [3.63, 3.8) is 0 Å². The molecule has 0 aliphatic carbocycles. The lowest BCUT2D eigenvalue weighted by Crippen LogP contribution is -2.02. The average molecular weight is 359 g/mol. The van der Waals surface area contributed by atoms with Crippen molar-refractivity contribution in [1.82, 2.24) is 35.1 Å². The van der Waals surface area contributed by atoms with Gasteiger partial charge in [0.1, 0.15) is 11.3 Å². The maximum absolute atomic E-state index is 5.48. The molecule has 0 aliphatic heterocycles. The van der Waals surface area contributed by atoms with Gasteiger partial charge in [0.05, 0.1) is 16.6 Å². The van der Waals surface area contributed by atoms with Gasteiger partial charge in [0.25, 0.3) is 5.89 Å². The lowest BCUT2D eigenvalue weighted by Gasteiger charge is -2.04. The quantitative estimate of drug-likeness (QED) is 0.524. The van der Waals surface area contributed by atoms with Crippen LogP contribution in [0.15, 0.2) is 40.9 Å². The molecule has 0 spiro atoms. The second kappa shape index (κ2) is 5.73. The maximum atomic E-state index is 5.48. The molecule has 2 aromatic carbocycles. The van der Waals surface area contributed by atoms with E-state index >= 15 is 0 Å². The Balaban J connectivity index is 1.53. The van der Waals surface area contributed by atoms with Crippen molar-refractivity contribution in [3.8, 4) is 22.8 Å². The Labute approximate surface area is 154 Å². The van der Waals surface area contributed by atoms with E-state index in [9.17, 15) is 0 Å². The Morgan fingerprint density at radius 3 is 2.67 bits per heavy atom. The highest BCUT2D eigenvalue weighted by molar-refractivity contribution is 5.82. The summed E-state index contributed by atoms with van der Waals surface area (Å²) in [5.41, 5.74) is 5.31. The van der Waals surface area contributed by atoms with Crippen LogP contribution in [0.1, 0.15) is 25.7 Å². The van der Waals surface area contributed by atoms with Crippen molar-refractivity contribution in [2.45, 2.75) is 26.8 Å². The lowest BCUT2D eigenvalue weighted by molar-refractivity contribution is 0.432. The number of nitrogens with zero attached hydrogens (tertiary/aromatic N) is 6. The van der Waals surface area contributed by atoms with Crippen molar-refractivity contribution < 1.29 is 4.52 Å². The van der Waals surface area contributed by atoms with Gasteiger partial charge in [-0.05, 0) is 57.2 Å². The molecule has 27 heavy (non-hydrogen) atoms. The predicted molar refractivity (Wildman–Crippen MR) is 101 cm³/mol. The first-order valence-electron chi connectivity index (χ1n) is 8.74. The van der Waals surface area contributed by atoms with Crippen LogP contribution in [0.3, 0.4) is 0 Å². The first-order chi connectivity index (χ1) is 13.1. The van der Waals surface area contributed by atoms with Crippen molar-refractivity contribution in [3.05, 3.63) is 42.2 Å². The highest BCUT2D eigenvalue weighted by Crippen LogP contribution is 2.26. The molecule has 3 heterocycles. The molecular formula is C19H17N7O. The molecule has 5 rings (SSSR count). The van der Waals surface area contributed by atoms with E-state index in [-0.39, 0.29) is 6.04 Å². The fraction of sp³-hybridized carbons (Fsp3) is 0.211. The third-order valence-electron chi connectivity index (χ3n) is 4.49. The standard InChI is InChI=1S/C19H17N7O/c1-10(2)26-17-7-5-12(8-16(17)23-25-26)18-22-19(27-24-18)13-4-6-14-15(9-13)21-11(3)20-14/h4-10H,1-3H3,(H,20,21). The Kier molecular flexibility index (Phi) is 3.33. The second-order valence-electron chi connectivity index (χ2n) is 6.81. The molecule has 0 atom stereocenters. The molecular weight excluding hydrogens is 342 g/mol. The number of aromatic amines is 1. The monoisotopic (exact) mass is 359 g/mol. The van der Waals surface area contributed by atoms with Crippen LogP contribution in [0.4, 0.5) is 0 Å². The van der Waals surface area contributed by atoms with E-state index in [1.165, 1.54) is 0 Å². The minimum atomic E-state index is 0.248. The molecule has 0 saturated carbocycles. The van der Waals surface area contributed by atoms with E-state index < -0.39 is 0 Å². The van der Waals surface area contributed by atoms with Crippen LogP contribution in [0.5, 0.6) is 0 Å². The van der Waals surface area contributed by atoms with Gasteiger partial charge < -0.3 is 9.51 Å². The van der Waals surface area contributed by atoms with Gasteiger partial charge in [-0.2, -0.15) is 4.98 Å². The van der Waals surface area contributed by atoms with Crippen LogP contribution < -0.4 is 0 Å². The number of aromatic nitrogens is 7. The Bertz CT molecular complexity index is 1280. The van der Waals surface area contributed by atoms with Crippen LogP contribution in [0.2, 0.25) is 0 Å². The van der Waals surface area contributed by atoms with Gasteiger partial charge in [-0.25, -0.2) is 9.67 Å². The molecule has 5 aromatic rings. The van der Waals surface area contributed by atoms with Crippen molar-refractivity contribution in [2.24, 2.45) is 0 Å². The van der Waals surface area contributed by atoms with Crippen LogP contribution in [0.25, 0.3) is 44.9 Å². The van der Waals surface area contributed by atoms with E-state index in [2.05, 4.69) is 44.3 Å². The van der Waals surface area contributed by atoms with E-state index in [0.717, 1.165) is 39.0 Å². The molecule has 0 fully saturated rings. The Morgan fingerprint density at radius 1 is 1.00 bits per heavy atom. The van der Waals surface area contributed by atoms with Gasteiger partial charge in [-0.15, -0.1) is 5.10 Å². The van der Waals surface area contributed by atoms with Gasteiger partial charge in [-0.1, -0.05) is 10.4 Å². The normalized spacial score (nSPS) is 11.9. The van der Waals surface area contributed by atoms with E-state index in [4.69, 9.17) is 4.52 Å². The van der Waals surface area contributed by atoms with Crippen molar-refractivity contribution in [2.75, 3.05) is 0 Å². The summed E-state index contributed by atoms with van der Waals surface area (Å²) >= 11 is 0. The lowest BCUT2D eigenvalue weighted by atomic mass is 10.1. The Morgan fingerprint density at radius 2 is 1.81 bits per heavy atom. The van der Waals surface area contributed by atoms with Crippen LogP contribution in [-0.2, 0) is 0 Å². The number of hydrogen-bond acceptors (Lipinski definition) is 6. The van der Waals surface area contributed by atoms with Crippen LogP contribution in [0, 0.1) is 6.92 Å². The van der Waals surface area contributed by atoms with Gasteiger partial charge in [0, 0.05) is 17.2 Å². The molecule has 8 nitrogen and oxygen atoms in total. The van der Waals surface area contributed by atoms with Gasteiger partial charge >= 0.3 is 0 Å². The van der Waals surface area contributed by atoms with Crippen molar-refractivity contribution >= 4 is 22.1 Å². The predicted octanol–water partition coefficient (Wildman–Crippen LogP) is 3.91. The molecule has 8 heteroatoms. The van der Waals surface area contributed by atoms with E-state index in [0.29, 0.717) is 11.7 Å². The highest BCUT2D eigenvalue weighted by Gasteiger charge is 2.14. The second-order valence-corrected chi connectivity index (χ2v) is 6.81. The molecule has 0 aliphatic rings. The number of nitrogens with one attached hydrogen (secondary N) is 1. The van der Waals surface area contributed by atoms with Crippen LogP contribution >= 0.6 is 0 Å². The zero-order chi connectivity index (χ0) is 18.5. The molecule has 0 radical (unpaired) electrons. The maximum Gasteiger partial charge on any atom is 0.258 e. The SMILES string of the molecule is Cc1nc2cc(-c3nc(-c4ccc5c(c4)nnn5C(C)C)no3)ccc2[nH]1. The summed E-state index contributed by atoms with van der Waals surface area (Å²) in [6, 6.07) is 12.0. The summed E-state index contributed by atoms with van der Waals surface area (Å²) in [6.45, 7) is 6.08. The summed E-state index contributed by atoms with van der Waals surface area (Å²) in [5.74, 6) is 1.85. The van der Waals surface area contributed by atoms with Crippen molar-refractivity contribution in [1.29, 1.82) is 0 Å². The molecule has 0 amide bonds. The average Bonchev–Trinajstić information content (AvgIpc) is 3.37. The largest absolute Gasteiger partial charge is 0.342 e. The molecule has 0 saturated heterocycles. The molecule has 0 bridgehead atoms. The first-order valence-corrected chi connectivity index (χ1v) is 8.74. The number of fused-ring (bicyclic) bond motifs is 2. The fourth-order valence-electron chi connectivity index (χ4n) is 3.19. The fourth-order valence-corrected chi connectivity index (χ4v) is 3.19. The zero-order valence-electron chi connectivity index (χ0n) is 15.1. The number of aryl methyl sites for hydroxylation is 1. The number of rotatable bonds is 3.